The van der Waals surface area contributed by atoms with E-state index in [0.717, 1.165) is 45.7 Å². The summed E-state index contributed by atoms with van der Waals surface area (Å²) in [6.45, 7) is 6.90. The SMILES string of the molecule is CCCCC(=O)N(CC[NH+]1CCOCC1)CC(=O)Nc1ccon1. The van der Waals surface area contributed by atoms with E-state index >= 15 is 0 Å². The third-order valence-corrected chi connectivity index (χ3v) is 4.07. The summed E-state index contributed by atoms with van der Waals surface area (Å²) >= 11 is 0. The molecule has 1 aromatic rings. The first-order chi connectivity index (χ1) is 11.7. The van der Waals surface area contributed by atoms with Crippen molar-refractivity contribution in [3.05, 3.63) is 12.3 Å². The largest absolute Gasteiger partial charge is 0.370 e. The first kappa shape index (κ1) is 18.4. The van der Waals surface area contributed by atoms with Gasteiger partial charge in [-0.15, -0.1) is 0 Å². The van der Waals surface area contributed by atoms with Crippen molar-refractivity contribution in [2.24, 2.45) is 0 Å². The molecule has 2 rings (SSSR count). The fourth-order valence-electron chi connectivity index (χ4n) is 2.61. The van der Waals surface area contributed by atoms with Crippen LogP contribution >= 0.6 is 0 Å². The summed E-state index contributed by atoms with van der Waals surface area (Å²) in [5.74, 6) is 0.130. The predicted octanol–water partition coefficient (Wildman–Crippen LogP) is -0.453. The number of carbonyl (C=O) groups is 2. The molecule has 24 heavy (non-hydrogen) atoms. The number of amides is 2. The molecule has 2 heterocycles. The summed E-state index contributed by atoms with van der Waals surface area (Å²) in [5.41, 5.74) is 0. The first-order valence-corrected chi connectivity index (χ1v) is 8.58. The van der Waals surface area contributed by atoms with Crippen LogP contribution in [0.2, 0.25) is 0 Å². The second-order valence-electron chi connectivity index (χ2n) is 5.96. The standard InChI is InChI=1S/C16H26N4O4/c1-2-3-4-16(22)20(7-6-19-8-11-23-12-9-19)13-15(21)17-14-5-10-24-18-14/h5,10H,2-4,6-9,11-13H2,1H3,(H,17,18,21)/p+1. The number of unbranched alkanes of at least 4 members (excludes halogenated alkanes) is 1. The van der Waals surface area contributed by atoms with Gasteiger partial charge in [0, 0.05) is 12.5 Å². The van der Waals surface area contributed by atoms with Crippen LogP contribution < -0.4 is 10.2 Å². The van der Waals surface area contributed by atoms with Crippen molar-refractivity contribution in [2.75, 3.05) is 51.3 Å². The summed E-state index contributed by atoms with van der Waals surface area (Å²) in [7, 11) is 0. The van der Waals surface area contributed by atoms with Crippen LogP contribution in [0.4, 0.5) is 5.82 Å². The van der Waals surface area contributed by atoms with E-state index in [4.69, 9.17) is 4.74 Å². The molecule has 8 nitrogen and oxygen atoms in total. The number of carbonyl (C=O) groups excluding carboxylic acids is 2. The van der Waals surface area contributed by atoms with Gasteiger partial charge in [0.05, 0.1) is 26.3 Å². The first-order valence-electron chi connectivity index (χ1n) is 8.58. The third-order valence-electron chi connectivity index (χ3n) is 4.07. The Balaban J connectivity index is 1.85. The average molecular weight is 339 g/mol. The Bertz CT molecular complexity index is 500. The molecule has 2 N–H and O–H groups in total. The van der Waals surface area contributed by atoms with E-state index in [9.17, 15) is 9.59 Å². The minimum atomic E-state index is -0.259. The van der Waals surface area contributed by atoms with Crippen molar-refractivity contribution in [3.63, 3.8) is 0 Å². The Kier molecular flexibility index (Phi) is 7.70. The summed E-state index contributed by atoms with van der Waals surface area (Å²) in [5, 5.41) is 6.29. The zero-order chi connectivity index (χ0) is 17.2. The summed E-state index contributed by atoms with van der Waals surface area (Å²) in [6, 6.07) is 1.57. The molecule has 1 aliphatic rings. The minimum Gasteiger partial charge on any atom is -0.370 e. The highest BCUT2D eigenvalue weighted by molar-refractivity contribution is 5.93. The number of nitrogens with one attached hydrogen (secondary N) is 2. The van der Waals surface area contributed by atoms with E-state index in [-0.39, 0.29) is 18.4 Å². The third kappa shape index (κ3) is 6.29. The molecule has 2 amide bonds. The van der Waals surface area contributed by atoms with Gasteiger partial charge in [0.25, 0.3) is 0 Å². The molecule has 1 fully saturated rings. The van der Waals surface area contributed by atoms with Crippen molar-refractivity contribution in [1.29, 1.82) is 0 Å². The maximum Gasteiger partial charge on any atom is 0.245 e. The molecular formula is C16H27N4O4+. The van der Waals surface area contributed by atoms with Gasteiger partial charge in [-0.2, -0.15) is 0 Å². The molecule has 0 bridgehead atoms. The Morgan fingerprint density at radius 2 is 2.17 bits per heavy atom. The highest BCUT2D eigenvalue weighted by Gasteiger charge is 2.21. The molecular weight excluding hydrogens is 312 g/mol. The Morgan fingerprint density at radius 3 is 2.83 bits per heavy atom. The van der Waals surface area contributed by atoms with E-state index in [1.165, 1.54) is 11.2 Å². The number of aromatic nitrogens is 1. The molecule has 0 atom stereocenters. The van der Waals surface area contributed by atoms with Crippen LogP contribution in [0.5, 0.6) is 0 Å². The monoisotopic (exact) mass is 339 g/mol. The summed E-state index contributed by atoms with van der Waals surface area (Å²) in [6.07, 6.45) is 3.66. The number of morpholine rings is 1. The molecule has 1 aromatic heterocycles. The number of anilines is 1. The fourth-order valence-corrected chi connectivity index (χ4v) is 2.61. The zero-order valence-electron chi connectivity index (χ0n) is 14.3. The number of quaternary nitrogens is 1. The number of hydrogen-bond donors (Lipinski definition) is 2. The molecule has 0 aromatic carbocycles. The van der Waals surface area contributed by atoms with Crippen molar-refractivity contribution in [2.45, 2.75) is 26.2 Å². The quantitative estimate of drug-likeness (QED) is 0.636. The molecule has 0 radical (unpaired) electrons. The normalized spacial score (nSPS) is 15.2. The van der Waals surface area contributed by atoms with Gasteiger partial charge in [-0.3, -0.25) is 9.59 Å². The molecule has 134 valence electrons. The van der Waals surface area contributed by atoms with Crippen LogP contribution in [-0.4, -0.2) is 67.8 Å². The number of nitrogens with zero attached hydrogens (tertiary/aromatic N) is 2. The molecule has 0 aliphatic carbocycles. The maximum atomic E-state index is 12.4. The summed E-state index contributed by atoms with van der Waals surface area (Å²) in [4.78, 5) is 27.6. The Morgan fingerprint density at radius 1 is 1.38 bits per heavy atom. The molecule has 0 saturated carbocycles. The second-order valence-corrected chi connectivity index (χ2v) is 5.96. The molecule has 0 unspecified atom stereocenters. The number of hydrogen-bond acceptors (Lipinski definition) is 5. The predicted molar refractivity (Wildman–Crippen MR) is 87.6 cm³/mol. The van der Waals surface area contributed by atoms with Crippen LogP contribution in [-0.2, 0) is 14.3 Å². The molecule has 1 saturated heterocycles. The Hall–Kier alpha value is -1.93. The van der Waals surface area contributed by atoms with Crippen molar-refractivity contribution >= 4 is 17.6 Å². The maximum absolute atomic E-state index is 12.4. The van der Waals surface area contributed by atoms with Crippen molar-refractivity contribution in [3.8, 4) is 0 Å². The van der Waals surface area contributed by atoms with Gasteiger partial charge < -0.3 is 24.4 Å². The van der Waals surface area contributed by atoms with E-state index in [1.807, 2.05) is 6.92 Å². The van der Waals surface area contributed by atoms with E-state index in [2.05, 4.69) is 15.0 Å². The number of rotatable bonds is 9. The number of ether oxygens (including phenoxy) is 1. The van der Waals surface area contributed by atoms with E-state index < -0.39 is 0 Å². The van der Waals surface area contributed by atoms with Gasteiger partial charge in [-0.05, 0) is 6.42 Å². The van der Waals surface area contributed by atoms with E-state index in [0.29, 0.717) is 18.8 Å². The van der Waals surface area contributed by atoms with Gasteiger partial charge in [-0.25, -0.2) is 0 Å². The Labute approximate surface area is 142 Å². The summed E-state index contributed by atoms with van der Waals surface area (Å²) < 4.78 is 10.0. The minimum absolute atomic E-state index is 0.0276. The molecule has 0 spiro atoms. The molecule has 8 heteroatoms. The van der Waals surface area contributed by atoms with Crippen LogP contribution in [0.15, 0.2) is 16.9 Å². The lowest BCUT2D eigenvalue weighted by Gasteiger charge is -2.27. The van der Waals surface area contributed by atoms with Crippen LogP contribution in [0.3, 0.4) is 0 Å². The highest BCUT2D eigenvalue weighted by atomic mass is 16.5. The van der Waals surface area contributed by atoms with Gasteiger partial charge >= 0.3 is 0 Å². The molecule has 1 aliphatic heterocycles. The zero-order valence-corrected chi connectivity index (χ0v) is 14.3. The van der Waals surface area contributed by atoms with Crippen LogP contribution in [0, 0.1) is 0 Å². The van der Waals surface area contributed by atoms with Crippen LogP contribution in [0.25, 0.3) is 0 Å². The van der Waals surface area contributed by atoms with Gasteiger partial charge in [0.2, 0.25) is 11.8 Å². The van der Waals surface area contributed by atoms with Crippen LogP contribution in [0.1, 0.15) is 26.2 Å². The van der Waals surface area contributed by atoms with E-state index in [1.54, 1.807) is 11.0 Å². The lowest BCUT2D eigenvalue weighted by molar-refractivity contribution is -0.907. The van der Waals surface area contributed by atoms with Gasteiger partial charge in [0.1, 0.15) is 25.9 Å². The highest BCUT2D eigenvalue weighted by Crippen LogP contribution is 2.03. The van der Waals surface area contributed by atoms with Gasteiger partial charge in [-0.1, -0.05) is 18.5 Å². The topological polar surface area (TPSA) is 89.1 Å². The lowest BCUT2D eigenvalue weighted by Crippen LogP contribution is -3.14. The smallest absolute Gasteiger partial charge is 0.245 e. The average Bonchev–Trinajstić information content (AvgIpc) is 3.10. The van der Waals surface area contributed by atoms with Crippen molar-refractivity contribution < 1.29 is 23.7 Å². The lowest BCUT2D eigenvalue weighted by atomic mass is 10.2. The van der Waals surface area contributed by atoms with Crippen molar-refractivity contribution in [1.82, 2.24) is 10.1 Å². The fraction of sp³-hybridized carbons (Fsp3) is 0.688. The second kappa shape index (κ2) is 10.0. The van der Waals surface area contributed by atoms with Gasteiger partial charge in [0.15, 0.2) is 5.82 Å².